The number of nitrogen functional groups attached to an aromatic ring is 1. The molecule has 1 rings (SSSR count). The predicted octanol–water partition coefficient (Wildman–Crippen LogP) is 1.68. The predicted molar refractivity (Wildman–Crippen MR) is 59.2 cm³/mol. The van der Waals surface area contributed by atoms with Gasteiger partial charge in [-0.1, -0.05) is 6.92 Å². The SMILES string of the molecule is CCC(C)N(CC)c1ncncc1N. The van der Waals surface area contributed by atoms with Gasteiger partial charge in [0, 0.05) is 12.6 Å². The van der Waals surface area contributed by atoms with Gasteiger partial charge in [-0.3, -0.25) is 0 Å². The topological polar surface area (TPSA) is 55.0 Å². The van der Waals surface area contributed by atoms with Gasteiger partial charge in [-0.25, -0.2) is 9.97 Å². The summed E-state index contributed by atoms with van der Waals surface area (Å²) in [6.07, 6.45) is 4.27. The number of aromatic nitrogens is 2. The quantitative estimate of drug-likeness (QED) is 0.792. The molecule has 0 bridgehead atoms. The van der Waals surface area contributed by atoms with Gasteiger partial charge in [0.05, 0.1) is 11.9 Å². The van der Waals surface area contributed by atoms with Crippen LogP contribution in [0.15, 0.2) is 12.5 Å². The fraction of sp³-hybridized carbons (Fsp3) is 0.600. The molecule has 0 aromatic carbocycles. The van der Waals surface area contributed by atoms with Crippen LogP contribution in [0, 0.1) is 0 Å². The second-order valence-electron chi connectivity index (χ2n) is 3.34. The van der Waals surface area contributed by atoms with Crippen LogP contribution in [0.4, 0.5) is 11.5 Å². The summed E-state index contributed by atoms with van der Waals surface area (Å²) in [5.41, 5.74) is 6.47. The van der Waals surface area contributed by atoms with E-state index in [0.29, 0.717) is 11.7 Å². The van der Waals surface area contributed by atoms with Crippen molar-refractivity contribution in [2.24, 2.45) is 0 Å². The van der Waals surface area contributed by atoms with Gasteiger partial charge < -0.3 is 10.6 Å². The molecular weight excluding hydrogens is 176 g/mol. The van der Waals surface area contributed by atoms with Crippen LogP contribution in [-0.4, -0.2) is 22.6 Å². The van der Waals surface area contributed by atoms with Crippen LogP contribution in [0.1, 0.15) is 27.2 Å². The Morgan fingerprint density at radius 3 is 2.71 bits per heavy atom. The van der Waals surface area contributed by atoms with Gasteiger partial charge in [0.15, 0.2) is 5.82 Å². The fourth-order valence-electron chi connectivity index (χ4n) is 1.46. The third-order valence-electron chi connectivity index (χ3n) is 2.45. The molecule has 2 N–H and O–H groups in total. The molecule has 1 heterocycles. The maximum Gasteiger partial charge on any atom is 0.155 e. The van der Waals surface area contributed by atoms with E-state index in [1.165, 1.54) is 6.33 Å². The monoisotopic (exact) mass is 194 g/mol. The summed E-state index contributed by atoms with van der Waals surface area (Å²) in [7, 11) is 0. The van der Waals surface area contributed by atoms with E-state index in [4.69, 9.17) is 5.73 Å². The third-order valence-corrected chi connectivity index (χ3v) is 2.45. The van der Waals surface area contributed by atoms with Gasteiger partial charge in [0.2, 0.25) is 0 Å². The van der Waals surface area contributed by atoms with E-state index in [1.807, 2.05) is 0 Å². The molecule has 0 saturated heterocycles. The number of hydrogen-bond acceptors (Lipinski definition) is 4. The average Bonchev–Trinajstić information content (AvgIpc) is 2.21. The highest BCUT2D eigenvalue weighted by Gasteiger charge is 2.14. The number of rotatable bonds is 4. The van der Waals surface area contributed by atoms with Gasteiger partial charge in [-0.05, 0) is 20.3 Å². The summed E-state index contributed by atoms with van der Waals surface area (Å²) in [5, 5.41) is 0. The zero-order valence-electron chi connectivity index (χ0n) is 9.07. The standard InChI is InChI=1S/C10H18N4/c1-4-8(3)14(5-2)10-9(11)6-12-7-13-10/h6-8H,4-5,11H2,1-3H3. The first-order chi connectivity index (χ1) is 6.70. The third kappa shape index (κ3) is 2.13. The summed E-state index contributed by atoms with van der Waals surface area (Å²) in [6, 6.07) is 0.456. The van der Waals surface area contributed by atoms with Crippen molar-refractivity contribution in [2.45, 2.75) is 33.2 Å². The van der Waals surface area contributed by atoms with Crippen molar-refractivity contribution >= 4 is 11.5 Å². The molecule has 0 radical (unpaired) electrons. The lowest BCUT2D eigenvalue weighted by Gasteiger charge is -2.28. The Balaban J connectivity index is 2.94. The highest BCUT2D eigenvalue weighted by molar-refractivity contribution is 5.61. The van der Waals surface area contributed by atoms with Gasteiger partial charge in [-0.15, -0.1) is 0 Å². The molecule has 1 atom stereocenters. The molecular formula is C10H18N4. The lowest BCUT2D eigenvalue weighted by molar-refractivity contribution is 0.623. The Bertz CT molecular complexity index is 287. The van der Waals surface area contributed by atoms with Gasteiger partial charge in [0.1, 0.15) is 6.33 Å². The van der Waals surface area contributed by atoms with Gasteiger partial charge >= 0.3 is 0 Å². The number of anilines is 2. The van der Waals surface area contributed by atoms with Gasteiger partial charge in [-0.2, -0.15) is 0 Å². The first kappa shape index (κ1) is 10.8. The van der Waals surface area contributed by atoms with Gasteiger partial charge in [0.25, 0.3) is 0 Å². The Morgan fingerprint density at radius 2 is 2.21 bits per heavy atom. The second-order valence-corrected chi connectivity index (χ2v) is 3.34. The Kier molecular flexibility index (Phi) is 3.68. The zero-order valence-corrected chi connectivity index (χ0v) is 9.07. The smallest absolute Gasteiger partial charge is 0.155 e. The number of nitrogens with two attached hydrogens (primary N) is 1. The molecule has 4 heteroatoms. The number of nitrogens with zero attached hydrogens (tertiary/aromatic N) is 3. The van der Waals surface area contributed by atoms with E-state index < -0.39 is 0 Å². The molecule has 0 spiro atoms. The van der Waals surface area contributed by atoms with E-state index in [0.717, 1.165) is 18.8 Å². The molecule has 0 aliphatic heterocycles. The van der Waals surface area contributed by atoms with E-state index in [9.17, 15) is 0 Å². The molecule has 0 aliphatic rings. The maximum atomic E-state index is 5.82. The average molecular weight is 194 g/mol. The van der Waals surface area contributed by atoms with Crippen molar-refractivity contribution in [3.05, 3.63) is 12.5 Å². The van der Waals surface area contributed by atoms with Crippen LogP contribution in [0.2, 0.25) is 0 Å². The number of hydrogen-bond donors (Lipinski definition) is 1. The molecule has 0 saturated carbocycles. The molecule has 1 unspecified atom stereocenters. The van der Waals surface area contributed by atoms with Crippen LogP contribution in [-0.2, 0) is 0 Å². The normalized spacial score (nSPS) is 12.5. The van der Waals surface area contributed by atoms with Crippen molar-refractivity contribution < 1.29 is 0 Å². The van der Waals surface area contributed by atoms with Crippen LogP contribution in [0.5, 0.6) is 0 Å². The lowest BCUT2D eigenvalue weighted by atomic mass is 10.2. The van der Waals surface area contributed by atoms with Crippen LogP contribution < -0.4 is 10.6 Å². The first-order valence-corrected chi connectivity index (χ1v) is 5.02. The van der Waals surface area contributed by atoms with Crippen LogP contribution >= 0.6 is 0 Å². The highest BCUT2D eigenvalue weighted by atomic mass is 15.2. The summed E-state index contributed by atoms with van der Waals surface area (Å²) < 4.78 is 0. The second kappa shape index (κ2) is 4.79. The minimum atomic E-state index is 0.456. The highest BCUT2D eigenvalue weighted by Crippen LogP contribution is 2.20. The first-order valence-electron chi connectivity index (χ1n) is 5.02. The van der Waals surface area contributed by atoms with Crippen molar-refractivity contribution in [3.63, 3.8) is 0 Å². The van der Waals surface area contributed by atoms with E-state index >= 15 is 0 Å². The summed E-state index contributed by atoms with van der Waals surface area (Å²) in [5.74, 6) is 0.844. The van der Waals surface area contributed by atoms with E-state index in [-0.39, 0.29) is 0 Å². The summed E-state index contributed by atoms with van der Waals surface area (Å²) in [4.78, 5) is 10.3. The summed E-state index contributed by atoms with van der Waals surface area (Å²) in [6.45, 7) is 7.35. The zero-order chi connectivity index (χ0) is 10.6. The van der Waals surface area contributed by atoms with Crippen molar-refractivity contribution in [1.82, 2.24) is 9.97 Å². The maximum absolute atomic E-state index is 5.82. The molecule has 4 nitrogen and oxygen atoms in total. The van der Waals surface area contributed by atoms with Crippen LogP contribution in [0.3, 0.4) is 0 Å². The minimum absolute atomic E-state index is 0.456. The van der Waals surface area contributed by atoms with Crippen molar-refractivity contribution in [1.29, 1.82) is 0 Å². The molecule has 1 aromatic heterocycles. The van der Waals surface area contributed by atoms with E-state index in [1.54, 1.807) is 6.20 Å². The largest absolute Gasteiger partial charge is 0.394 e. The molecule has 78 valence electrons. The van der Waals surface area contributed by atoms with Crippen LogP contribution in [0.25, 0.3) is 0 Å². The molecule has 0 fully saturated rings. The Hall–Kier alpha value is -1.32. The summed E-state index contributed by atoms with van der Waals surface area (Å²) >= 11 is 0. The van der Waals surface area contributed by atoms with Crippen molar-refractivity contribution in [3.8, 4) is 0 Å². The molecule has 1 aromatic rings. The Labute approximate surface area is 85.2 Å². The molecule has 0 amide bonds. The van der Waals surface area contributed by atoms with Crippen molar-refractivity contribution in [2.75, 3.05) is 17.2 Å². The molecule has 0 aliphatic carbocycles. The molecule has 14 heavy (non-hydrogen) atoms. The Morgan fingerprint density at radius 1 is 1.50 bits per heavy atom. The minimum Gasteiger partial charge on any atom is -0.394 e. The fourth-order valence-corrected chi connectivity index (χ4v) is 1.46. The van der Waals surface area contributed by atoms with E-state index in [2.05, 4.69) is 35.6 Å². The lowest BCUT2D eigenvalue weighted by Crippen LogP contribution is -2.33.